The predicted molar refractivity (Wildman–Crippen MR) is 84.0 cm³/mol. The van der Waals surface area contributed by atoms with Crippen LogP contribution in [-0.2, 0) is 0 Å². The molecule has 0 atom stereocenters. The Bertz CT molecular complexity index is 879. The number of halogens is 3. The molecule has 0 aliphatic heterocycles. The molecule has 126 valence electrons. The van der Waals surface area contributed by atoms with Crippen molar-refractivity contribution in [2.75, 3.05) is 0 Å². The first kappa shape index (κ1) is 16.6. The van der Waals surface area contributed by atoms with Crippen molar-refractivity contribution in [3.63, 3.8) is 0 Å². The van der Waals surface area contributed by atoms with Crippen LogP contribution in [0.2, 0.25) is 0 Å². The van der Waals surface area contributed by atoms with Gasteiger partial charge in [0.05, 0.1) is 11.4 Å². The minimum absolute atomic E-state index is 0.174. The van der Waals surface area contributed by atoms with Gasteiger partial charge in [0.15, 0.2) is 0 Å². The summed E-state index contributed by atoms with van der Waals surface area (Å²) in [4.78, 5) is 20.9. The summed E-state index contributed by atoms with van der Waals surface area (Å²) < 4.78 is 40.3. The molecule has 2 aromatic heterocycles. The highest BCUT2D eigenvalue weighted by Gasteiger charge is 2.31. The Hall–Kier alpha value is -3.22. The van der Waals surface area contributed by atoms with Crippen LogP contribution in [0.3, 0.4) is 0 Å². The number of aromatic nitrogens is 2. The Morgan fingerprint density at radius 3 is 2.24 bits per heavy atom. The van der Waals surface area contributed by atoms with Gasteiger partial charge < -0.3 is 4.74 Å². The molecule has 0 aliphatic carbocycles. The van der Waals surface area contributed by atoms with E-state index < -0.39 is 12.1 Å². The van der Waals surface area contributed by atoms with Crippen molar-refractivity contribution in [1.29, 1.82) is 0 Å². The third-order valence-corrected chi connectivity index (χ3v) is 3.26. The summed E-state index contributed by atoms with van der Waals surface area (Å²) in [6, 6.07) is 15.0. The minimum Gasteiger partial charge on any atom is -0.406 e. The molecule has 3 aromatic rings. The molecule has 7 heteroatoms. The van der Waals surface area contributed by atoms with Crippen molar-refractivity contribution in [2.45, 2.75) is 6.36 Å². The third-order valence-electron chi connectivity index (χ3n) is 3.26. The van der Waals surface area contributed by atoms with Crippen LogP contribution in [0.5, 0.6) is 5.75 Å². The molecule has 0 fully saturated rings. The van der Waals surface area contributed by atoms with Gasteiger partial charge in [-0.15, -0.1) is 13.2 Å². The number of alkyl halides is 3. The van der Waals surface area contributed by atoms with E-state index in [1.165, 1.54) is 18.2 Å². The summed E-state index contributed by atoms with van der Waals surface area (Å²) in [5.74, 6) is -0.796. The molecule has 0 spiro atoms. The highest BCUT2D eigenvalue weighted by atomic mass is 19.4. The first-order chi connectivity index (χ1) is 11.9. The van der Waals surface area contributed by atoms with E-state index in [0.29, 0.717) is 11.4 Å². The van der Waals surface area contributed by atoms with Crippen LogP contribution in [-0.4, -0.2) is 22.1 Å². The highest BCUT2D eigenvalue weighted by Crippen LogP contribution is 2.23. The van der Waals surface area contributed by atoms with Gasteiger partial charge in [0.25, 0.3) is 0 Å². The smallest absolute Gasteiger partial charge is 0.406 e. The van der Waals surface area contributed by atoms with Gasteiger partial charge in [0.1, 0.15) is 11.4 Å². The zero-order valence-electron chi connectivity index (χ0n) is 12.7. The minimum atomic E-state index is -4.77. The van der Waals surface area contributed by atoms with Crippen molar-refractivity contribution in [3.05, 3.63) is 78.1 Å². The maximum atomic E-state index is 12.5. The second-order valence-corrected chi connectivity index (χ2v) is 5.02. The number of rotatable bonds is 4. The average molecular weight is 344 g/mol. The molecule has 0 aliphatic rings. The van der Waals surface area contributed by atoms with Crippen molar-refractivity contribution >= 4 is 5.78 Å². The molecule has 0 radical (unpaired) electrons. The maximum absolute atomic E-state index is 12.5. The lowest BCUT2D eigenvalue weighted by Crippen LogP contribution is -2.17. The monoisotopic (exact) mass is 344 g/mol. The predicted octanol–water partition coefficient (Wildman–Crippen LogP) is 4.27. The number of ketones is 1. The van der Waals surface area contributed by atoms with E-state index >= 15 is 0 Å². The van der Waals surface area contributed by atoms with Crippen LogP contribution in [0.15, 0.2) is 66.9 Å². The molecule has 4 nitrogen and oxygen atoms in total. The van der Waals surface area contributed by atoms with E-state index in [1.807, 2.05) is 0 Å². The van der Waals surface area contributed by atoms with Gasteiger partial charge in [-0.2, -0.15) is 0 Å². The van der Waals surface area contributed by atoms with Gasteiger partial charge in [-0.25, -0.2) is 4.98 Å². The van der Waals surface area contributed by atoms with E-state index in [2.05, 4.69) is 14.7 Å². The van der Waals surface area contributed by atoms with Crippen molar-refractivity contribution in [3.8, 4) is 17.1 Å². The molecule has 0 bridgehead atoms. The van der Waals surface area contributed by atoms with E-state index in [-0.39, 0.29) is 17.0 Å². The Morgan fingerprint density at radius 2 is 1.60 bits per heavy atom. The summed E-state index contributed by atoms with van der Waals surface area (Å²) in [5.41, 5.74) is 1.53. The number of ether oxygens (including phenoxy) is 1. The standard InChI is InChI=1S/C18H11F3N2O2/c19-18(20,21)25-13-9-7-12(8-10-13)17(24)16-6-3-5-15(23-16)14-4-1-2-11-22-14/h1-11H. The fourth-order valence-electron chi connectivity index (χ4n) is 2.17. The van der Waals surface area contributed by atoms with E-state index in [1.54, 1.807) is 36.5 Å². The molecule has 1 aromatic carbocycles. The van der Waals surface area contributed by atoms with Gasteiger partial charge >= 0.3 is 6.36 Å². The van der Waals surface area contributed by atoms with Crippen molar-refractivity contribution in [1.82, 2.24) is 9.97 Å². The van der Waals surface area contributed by atoms with Crippen LogP contribution in [0.25, 0.3) is 11.4 Å². The molecule has 0 saturated heterocycles. The van der Waals surface area contributed by atoms with Crippen LogP contribution in [0.4, 0.5) is 13.2 Å². The van der Waals surface area contributed by atoms with Crippen LogP contribution >= 0.6 is 0 Å². The molecule has 0 amide bonds. The van der Waals surface area contributed by atoms with E-state index in [4.69, 9.17) is 0 Å². The highest BCUT2D eigenvalue weighted by molar-refractivity contribution is 6.07. The second-order valence-electron chi connectivity index (χ2n) is 5.02. The number of carbonyl (C=O) groups excluding carboxylic acids is 1. The Morgan fingerprint density at radius 1 is 0.880 bits per heavy atom. The SMILES string of the molecule is O=C(c1ccc(OC(F)(F)F)cc1)c1cccc(-c2ccccn2)n1. The van der Waals surface area contributed by atoms with E-state index in [9.17, 15) is 18.0 Å². The molecular formula is C18H11F3N2O2. The fraction of sp³-hybridized carbons (Fsp3) is 0.0556. The summed E-state index contributed by atoms with van der Waals surface area (Å²) >= 11 is 0. The van der Waals surface area contributed by atoms with Gasteiger partial charge in [0, 0.05) is 11.8 Å². The largest absolute Gasteiger partial charge is 0.573 e. The first-order valence-electron chi connectivity index (χ1n) is 7.21. The number of hydrogen-bond acceptors (Lipinski definition) is 4. The summed E-state index contributed by atoms with van der Waals surface area (Å²) in [6.45, 7) is 0. The Kier molecular flexibility index (Phi) is 4.47. The van der Waals surface area contributed by atoms with Crippen molar-refractivity contribution < 1.29 is 22.7 Å². The van der Waals surface area contributed by atoms with Gasteiger partial charge in [-0.05, 0) is 48.5 Å². The Labute approximate surface area is 140 Å². The van der Waals surface area contributed by atoms with Crippen LogP contribution < -0.4 is 4.74 Å². The zero-order chi connectivity index (χ0) is 17.9. The van der Waals surface area contributed by atoms with Crippen molar-refractivity contribution in [2.24, 2.45) is 0 Å². The molecule has 0 N–H and O–H groups in total. The number of hydrogen-bond donors (Lipinski definition) is 0. The second kappa shape index (κ2) is 6.72. The summed E-state index contributed by atoms with van der Waals surface area (Å²) in [6.07, 6.45) is -3.16. The quantitative estimate of drug-likeness (QED) is 0.663. The van der Waals surface area contributed by atoms with Gasteiger partial charge in [-0.3, -0.25) is 9.78 Å². The number of nitrogens with zero attached hydrogens (tertiary/aromatic N) is 2. The van der Waals surface area contributed by atoms with Crippen LogP contribution in [0.1, 0.15) is 16.1 Å². The molecule has 0 saturated carbocycles. The lowest BCUT2D eigenvalue weighted by Gasteiger charge is -2.09. The molecule has 3 rings (SSSR count). The number of benzene rings is 1. The molecular weight excluding hydrogens is 333 g/mol. The third kappa shape index (κ3) is 4.20. The average Bonchev–Trinajstić information content (AvgIpc) is 2.61. The zero-order valence-corrected chi connectivity index (χ0v) is 12.7. The topological polar surface area (TPSA) is 52.1 Å². The molecule has 0 unspecified atom stereocenters. The summed E-state index contributed by atoms with van der Waals surface area (Å²) in [7, 11) is 0. The van der Waals surface area contributed by atoms with E-state index in [0.717, 1.165) is 12.1 Å². The molecule has 2 heterocycles. The normalized spacial score (nSPS) is 11.2. The lowest BCUT2D eigenvalue weighted by molar-refractivity contribution is -0.274. The Balaban J connectivity index is 1.84. The van der Waals surface area contributed by atoms with Crippen LogP contribution in [0, 0.1) is 0 Å². The number of pyridine rings is 2. The number of carbonyl (C=O) groups is 1. The fourth-order valence-corrected chi connectivity index (χ4v) is 2.17. The van der Waals surface area contributed by atoms with Gasteiger partial charge in [-0.1, -0.05) is 12.1 Å². The first-order valence-corrected chi connectivity index (χ1v) is 7.21. The maximum Gasteiger partial charge on any atom is 0.573 e. The summed E-state index contributed by atoms with van der Waals surface area (Å²) in [5, 5.41) is 0. The molecule has 25 heavy (non-hydrogen) atoms. The van der Waals surface area contributed by atoms with Gasteiger partial charge in [0.2, 0.25) is 5.78 Å². The lowest BCUT2D eigenvalue weighted by atomic mass is 10.1.